The van der Waals surface area contributed by atoms with E-state index in [1.807, 2.05) is 0 Å². The average Bonchev–Trinajstić information content (AvgIpc) is 2.88. The molecule has 0 aromatic carbocycles. The number of nitriles is 2. The second kappa shape index (κ2) is 20.7. The van der Waals surface area contributed by atoms with Gasteiger partial charge in [-0.2, -0.15) is 20.8 Å². The van der Waals surface area contributed by atoms with Crippen molar-refractivity contribution in [2.45, 2.75) is 142 Å². The highest BCUT2D eigenvalue weighted by Crippen LogP contribution is 2.23. The summed E-state index contributed by atoms with van der Waals surface area (Å²) < 4.78 is 0. The largest absolute Gasteiger partial charge is 0.356 e. The smallest absolute Gasteiger partial charge is 0.220 e. The van der Waals surface area contributed by atoms with Crippen molar-refractivity contribution >= 4 is 11.8 Å². The van der Waals surface area contributed by atoms with Crippen molar-refractivity contribution in [2.75, 3.05) is 13.1 Å². The highest BCUT2D eigenvalue weighted by Gasteiger charge is 2.29. The highest BCUT2D eigenvalue weighted by atomic mass is 16.2. The van der Waals surface area contributed by atoms with E-state index in [-0.39, 0.29) is 37.5 Å². The first kappa shape index (κ1) is 33.5. The standard InChI is InChI=1S/C28H50N6O2/c1-5-7-9-11-13-15-21-31-25(35)17-19-27(3,23-29)33-34-28(4,24-30)20-18-26(36)32-22-16-14-12-10-8-6-2/h5-22H2,1-4H3,(H,31,35)(H,32,36). The van der Waals surface area contributed by atoms with E-state index in [1.165, 1.54) is 51.4 Å². The molecule has 0 heterocycles. The molecule has 0 aliphatic heterocycles. The number of nitrogens with one attached hydrogen (secondary N) is 2. The minimum absolute atomic E-state index is 0.106. The fraction of sp³-hybridized carbons (Fsp3) is 0.857. The number of azo groups is 1. The molecule has 0 rings (SSSR count). The number of hydrogen-bond acceptors (Lipinski definition) is 6. The van der Waals surface area contributed by atoms with Gasteiger partial charge in [0.05, 0.1) is 12.1 Å². The summed E-state index contributed by atoms with van der Waals surface area (Å²) in [5.41, 5.74) is -2.40. The van der Waals surface area contributed by atoms with Crippen LogP contribution < -0.4 is 10.6 Å². The van der Waals surface area contributed by atoms with Gasteiger partial charge in [-0.05, 0) is 39.5 Å². The lowest BCUT2D eigenvalue weighted by atomic mass is 9.97. The number of amides is 2. The Morgan fingerprint density at radius 3 is 1.31 bits per heavy atom. The van der Waals surface area contributed by atoms with E-state index in [0.717, 1.165) is 25.7 Å². The molecule has 2 amide bonds. The fourth-order valence-electron chi connectivity index (χ4n) is 3.63. The molecule has 0 aliphatic rings. The molecule has 8 nitrogen and oxygen atoms in total. The summed E-state index contributed by atoms with van der Waals surface area (Å²) in [6, 6.07) is 4.23. The van der Waals surface area contributed by atoms with E-state index in [4.69, 9.17) is 0 Å². The van der Waals surface area contributed by atoms with E-state index < -0.39 is 11.1 Å². The van der Waals surface area contributed by atoms with Gasteiger partial charge in [0.15, 0.2) is 11.1 Å². The van der Waals surface area contributed by atoms with Crippen molar-refractivity contribution < 1.29 is 9.59 Å². The van der Waals surface area contributed by atoms with Gasteiger partial charge in [-0.15, -0.1) is 0 Å². The zero-order chi connectivity index (χ0) is 27.1. The molecule has 0 saturated heterocycles. The molecule has 8 heteroatoms. The van der Waals surface area contributed by atoms with Crippen LogP contribution in [0.5, 0.6) is 0 Å². The lowest BCUT2D eigenvalue weighted by molar-refractivity contribution is -0.122. The van der Waals surface area contributed by atoms with Gasteiger partial charge in [0.25, 0.3) is 0 Å². The lowest BCUT2D eigenvalue weighted by Crippen LogP contribution is -2.30. The molecule has 2 N–H and O–H groups in total. The van der Waals surface area contributed by atoms with Crippen molar-refractivity contribution in [1.29, 1.82) is 10.5 Å². The maximum atomic E-state index is 12.2. The van der Waals surface area contributed by atoms with Crippen molar-refractivity contribution in [3.63, 3.8) is 0 Å². The molecule has 2 atom stereocenters. The Kier molecular flexibility index (Phi) is 19.3. The first-order valence-corrected chi connectivity index (χ1v) is 14.0. The summed E-state index contributed by atoms with van der Waals surface area (Å²) in [6.45, 7) is 8.89. The van der Waals surface area contributed by atoms with Crippen LogP contribution >= 0.6 is 0 Å². The van der Waals surface area contributed by atoms with E-state index >= 15 is 0 Å². The van der Waals surface area contributed by atoms with Crippen molar-refractivity contribution in [3.8, 4) is 12.1 Å². The van der Waals surface area contributed by atoms with E-state index in [2.05, 4.69) is 46.8 Å². The molecular formula is C28H50N6O2. The summed E-state index contributed by atoms with van der Waals surface area (Å²) in [6.07, 6.45) is 14.7. The van der Waals surface area contributed by atoms with Crippen LogP contribution in [-0.4, -0.2) is 36.0 Å². The van der Waals surface area contributed by atoms with Crippen molar-refractivity contribution in [2.24, 2.45) is 10.2 Å². The summed E-state index contributed by atoms with van der Waals surface area (Å²) >= 11 is 0. The molecule has 0 aromatic rings. The van der Waals surface area contributed by atoms with Gasteiger partial charge < -0.3 is 10.6 Å². The summed E-state index contributed by atoms with van der Waals surface area (Å²) in [4.78, 5) is 24.3. The number of hydrogen-bond donors (Lipinski definition) is 2. The van der Waals surface area contributed by atoms with E-state index in [1.54, 1.807) is 13.8 Å². The zero-order valence-electron chi connectivity index (χ0n) is 23.3. The van der Waals surface area contributed by atoms with Crippen LogP contribution in [0.3, 0.4) is 0 Å². The monoisotopic (exact) mass is 502 g/mol. The quantitative estimate of drug-likeness (QED) is 0.129. The van der Waals surface area contributed by atoms with Crippen LogP contribution in [0.4, 0.5) is 0 Å². The van der Waals surface area contributed by atoms with Gasteiger partial charge >= 0.3 is 0 Å². The third-order valence-electron chi connectivity index (χ3n) is 6.36. The van der Waals surface area contributed by atoms with Crippen LogP contribution in [0.25, 0.3) is 0 Å². The van der Waals surface area contributed by atoms with Crippen LogP contribution in [0.1, 0.15) is 130 Å². The van der Waals surface area contributed by atoms with Gasteiger partial charge in [-0.3, -0.25) is 9.59 Å². The lowest BCUT2D eigenvalue weighted by Gasteiger charge is -2.19. The summed E-state index contributed by atoms with van der Waals surface area (Å²) in [7, 11) is 0. The number of carbonyl (C=O) groups is 2. The number of rotatable bonds is 22. The molecular weight excluding hydrogens is 452 g/mol. The molecule has 36 heavy (non-hydrogen) atoms. The van der Waals surface area contributed by atoms with Gasteiger partial charge in [-0.25, -0.2) is 0 Å². The Balaban J connectivity index is 4.40. The molecule has 204 valence electrons. The third-order valence-corrected chi connectivity index (χ3v) is 6.36. The summed E-state index contributed by atoms with van der Waals surface area (Å²) in [5, 5.41) is 33.3. The second-order valence-electron chi connectivity index (χ2n) is 10.2. The Labute approximate surface area is 219 Å². The van der Waals surface area contributed by atoms with Crippen LogP contribution in [0.2, 0.25) is 0 Å². The Hall–Kier alpha value is -2.48. The molecule has 0 bridgehead atoms. The number of unbranched alkanes of at least 4 members (excludes halogenated alkanes) is 10. The first-order chi connectivity index (χ1) is 17.2. The maximum Gasteiger partial charge on any atom is 0.220 e. The van der Waals surface area contributed by atoms with E-state index in [9.17, 15) is 20.1 Å². The van der Waals surface area contributed by atoms with Gasteiger partial charge in [0.2, 0.25) is 11.8 Å². The Morgan fingerprint density at radius 2 is 0.972 bits per heavy atom. The maximum absolute atomic E-state index is 12.2. The highest BCUT2D eigenvalue weighted by molar-refractivity contribution is 5.76. The molecule has 0 aromatic heterocycles. The van der Waals surface area contributed by atoms with Gasteiger partial charge in [0, 0.05) is 25.9 Å². The predicted octanol–water partition coefficient (Wildman–Crippen LogP) is 6.52. The third kappa shape index (κ3) is 17.9. The topological polar surface area (TPSA) is 130 Å². The van der Waals surface area contributed by atoms with Gasteiger partial charge in [0.1, 0.15) is 0 Å². The summed E-state index contributed by atoms with van der Waals surface area (Å²) in [5.74, 6) is -0.212. The van der Waals surface area contributed by atoms with Crippen LogP contribution in [0, 0.1) is 22.7 Å². The average molecular weight is 503 g/mol. The van der Waals surface area contributed by atoms with Crippen molar-refractivity contribution in [3.05, 3.63) is 0 Å². The molecule has 0 fully saturated rings. The van der Waals surface area contributed by atoms with Crippen LogP contribution in [0.15, 0.2) is 10.2 Å². The second-order valence-corrected chi connectivity index (χ2v) is 10.2. The first-order valence-electron chi connectivity index (χ1n) is 14.0. The van der Waals surface area contributed by atoms with Gasteiger partial charge in [-0.1, -0.05) is 78.1 Å². The number of nitrogens with zero attached hydrogens (tertiary/aromatic N) is 4. The minimum atomic E-state index is -1.20. The normalized spacial score (nSPS) is 14.4. The number of carbonyl (C=O) groups excluding carboxylic acids is 2. The van der Waals surface area contributed by atoms with Crippen LogP contribution in [-0.2, 0) is 9.59 Å². The fourth-order valence-corrected chi connectivity index (χ4v) is 3.63. The Morgan fingerprint density at radius 1 is 0.639 bits per heavy atom. The Bertz CT molecular complexity index is 667. The molecule has 2 unspecified atom stereocenters. The van der Waals surface area contributed by atoms with E-state index in [0.29, 0.717) is 13.1 Å². The predicted molar refractivity (Wildman–Crippen MR) is 144 cm³/mol. The minimum Gasteiger partial charge on any atom is -0.356 e. The molecule has 0 saturated carbocycles. The van der Waals surface area contributed by atoms with Crippen molar-refractivity contribution in [1.82, 2.24) is 10.6 Å². The zero-order valence-corrected chi connectivity index (χ0v) is 23.3. The molecule has 0 aliphatic carbocycles. The molecule has 0 spiro atoms. The SMILES string of the molecule is CCCCCCCCNC(=O)CCC(C)(C#N)N=NC(C)(C#N)CCC(=O)NCCCCCCCC. The molecule has 0 radical (unpaired) electrons.